The Hall–Kier alpha value is -3.44. The van der Waals surface area contributed by atoms with Crippen molar-refractivity contribution in [2.24, 2.45) is 0 Å². The summed E-state index contributed by atoms with van der Waals surface area (Å²) in [4.78, 5) is 24.2. The summed E-state index contributed by atoms with van der Waals surface area (Å²) >= 11 is 0. The van der Waals surface area contributed by atoms with E-state index in [1.54, 1.807) is 24.3 Å². The summed E-state index contributed by atoms with van der Waals surface area (Å²) in [7, 11) is -2.34. The molecule has 1 heterocycles. The number of halogens is 3. The Morgan fingerprint density at radius 3 is 2.24 bits per heavy atom. The van der Waals surface area contributed by atoms with Gasteiger partial charge in [-0.15, -0.1) is 0 Å². The van der Waals surface area contributed by atoms with E-state index in [4.69, 9.17) is 0 Å². The molecule has 3 rings (SSSR count). The molecule has 7 nitrogen and oxygen atoms in total. The Labute approximate surface area is 188 Å². The lowest BCUT2D eigenvalue weighted by molar-refractivity contribution is -0.139. The molecule has 174 valence electrons. The molecule has 0 radical (unpaired) electrons. The second-order valence-electron chi connectivity index (χ2n) is 7.17. The Bertz CT molecular complexity index is 1290. The fraction of sp³-hybridized carbons (Fsp3) is 0.182. The van der Waals surface area contributed by atoms with Crippen LogP contribution in [0.2, 0.25) is 0 Å². The highest BCUT2D eigenvalue weighted by Crippen LogP contribution is 2.26. The second kappa shape index (κ2) is 9.59. The summed E-state index contributed by atoms with van der Waals surface area (Å²) in [5.41, 5.74) is -1.66. The molecular formula is C22H20F3N3O4S. The van der Waals surface area contributed by atoms with E-state index in [-0.39, 0.29) is 17.1 Å². The number of aromatic nitrogens is 1. The molecule has 0 bridgehead atoms. The normalized spacial score (nSPS) is 12.0. The van der Waals surface area contributed by atoms with Crippen LogP contribution in [0.3, 0.4) is 0 Å². The summed E-state index contributed by atoms with van der Waals surface area (Å²) in [5.74, 6) is -0.742. The van der Waals surface area contributed by atoms with Crippen molar-refractivity contribution in [3.63, 3.8) is 0 Å². The summed E-state index contributed by atoms with van der Waals surface area (Å²) in [5, 5.41) is 2.44. The maximum atomic E-state index is 12.9. The highest BCUT2D eigenvalue weighted by Gasteiger charge is 2.34. The quantitative estimate of drug-likeness (QED) is 0.563. The molecule has 0 atom stereocenters. The minimum Gasteiger partial charge on any atom is -0.325 e. The van der Waals surface area contributed by atoms with Crippen LogP contribution in [0.25, 0.3) is 0 Å². The first kappa shape index (κ1) is 24.2. The zero-order valence-electron chi connectivity index (χ0n) is 17.4. The molecule has 1 N–H and O–H groups in total. The molecule has 33 heavy (non-hydrogen) atoms. The van der Waals surface area contributed by atoms with Crippen LogP contribution in [0.15, 0.2) is 82.6 Å². The molecule has 0 fully saturated rings. The molecule has 0 aliphatic rings. The predicted molar refractivity (Wildman–Crippen MR) is 116 cm³/mol. The molecule has 0 spiro atoms. The van der Waals surface area contributed by atoms with Gasteiger partial charge in [-0.3, -0.25) is 9.59 Å². The molecule has 1 aromatic heterocycles. The van der Waals surface area contributed by atoms with Gasteiger partial charge in [0, 0.05) is 25.5 Å². The number of carbonyl (C=O) groups excluding carboxylic acids is 1. The lowest BCUT2D eigenvalue weighted by Crippen LogP contribution is -2.32. The molecule has 3 aromatic rings. The average Bonchev–Trinajstić information content (AvgIpc) is 2.75. The minimum absolute atomic E-state index is 0.00743. The van der Waals surface area contributed by atoms with Crippen LogP contribution >= 0.6 is 0 Å². The third-order valence-corrected chi connectivity index (χ3v) is 6.55. The van der Waals surface area contributed by atoms with Gasteiger partial charge in [-0.05, 0) is 42.0 Å². The average molecular weight is 479 g/mol. The van der Waals surface area contributed by atoms with E-state index in [0.717, 1.165) is 17.8 Å². The Morgan fingerprint density at radius 2 is 1.64 bits per heavy atom. The van der Waals surface area contributed by atoms with E-state index in [9.17, 15) is 31.2 Å². The number of carbonyl (C=O) groups is 1. The molecular weight excluding hydrogens is 459 g/mol. The molecule has 0 aliphatic carbocycles. The molecule has 0 unspecified atom stereocenters. The summed E-state index contributed by atoms with van der Waals surface area (Å²) in [6.07, 6.45) is -3.75. The van der Waals surface area contributed by atoms with Gasteiger partial charge in [-0.25, -0.2) is 8.42 Å². The Kier molecular flexibility index (Phi) is 7.04. The van der Waals surface area contributed by atoms with Gasteiger partial charge < -0.3 is 9.88 Å². The van der Waals surface area contributed by atoms with Gasteiger partial charge in [0.05, 0.1) is 4.90 Å². The van der Waals surface area contributed by atoms with E-state index in [1.165, 1.54) is 35.6 Å². The standard InChI is InChI=1S/C22H20F3N3O4S/c1-27(14-16-6-3-2-4-7-16)33(31,32)18-11-9-17(10-12-18)26-20(29)15-28-13-5-8-19(21(28)30)22(23,24)25/h2-13H,14-15H2,1H3,(H,26,29). The number of hydrogen-bond acceptors (Lipinski definition) is 4. The predicted octanol–water partition coefficient (Wildman–Crippen LogP) is 3.33. The van der Waals surface area contributed by atoms with Crippen LogP contribution in [0, 0.1) is 0 Å². The van der Waals surface area contributed by atoms with Crippen LogP contribution < -0.4 is 10.9 Å². The third kappa shape index (κ3) is 5.88. The van der Waals surface area contributed by atoms with Gasteiger partial charge in [-0.1, -0.05) is 30.3 Å². The topological polar surface area (TPSA) is 88.5 Å². The second-order valence-corrected chi connectivity index (χ2v) is 9.22. The number of sulfonamides is 1. The Morgan fingerprint density at radius 1 is 1.00 bits per heavy atom. The van der Waals surface area contributed by atoms with Crippen LogP contribution in [-0.4, -0.2) is 30.2 Å². The van der Waals surface area contributed by atoms with Gasteiger partial charge in [0.2, 0.25) is 15.9 Å². The molecule has 11 heteroatoms. The third-order valence-electron chi connectivity index (χ3n) is 4.73. The van der Waals surface area contributed by atoms with E-state index in [2.05, 4.69) is 5.32 Å². The SMILES string of the molecule is CN(Cc1ccccc1)S(=O)(=O)c1ccc(NC(=O)Cn2cccc(C(F)(F)F)c2=O)cc1. The highest BCUT2D eigenvalue weighted by molar-refractivity contribution is 7.89. The molecule has 0 saturated heterocycles. The molecule has 2 aromatic carbocycles. The zero-order chi connectivity index (χ0) is 24.2. The van der Waals surface area contributed by atoms with Crippen LogP contribution in [0.5, 0.6) is 0 Å². The monoisotopic (exact) mass is 479 g/mol. The lowest BCUT2D eigenvalue weighted by atomic mass is 10.2. The first-order chi connectivity index (χ1) is 15.5. The largest absolute Gasteiger partial charge is 0.421 e. The zero-order valence-corrected chi connectivity index (χ0v) is 18.2. The number of rotatable bonds is 7. The van der Waals surface area contributed by atoms with E-state index in [0.29, 0.717) is 10.6 Å². The van der Waals surface area contributed by atoms with E-state index >= 15 is 0 Å². The molecule has 0 aliphatic heterocycles. The number of hydrogen-bond donors (Lipinski definition) is 1. The number of nitrogens with one attached hydrogen (secondary N) is 1. The van der Waals surface area contributed by atoms with Gasteiger partial charge >= 0.3 is 6.18 Å². The van der Waals surface area contributed by atoms with Crippen LogP contribution in [0.4, 0.5) is 18.9 Å². The molecule has 1 amide bonds. The number of nitrogens with zero attached hydrogens (tertiary/aromatic N) is 2. The first-order valence-electron chi connectivity index (χ1n) is 9.65. The van der Waals surface area contributed by atoms with Gasteiger partial charge in [0.25, 0.3) is 5.56 Å². The van der Waals surface area contributed by atoms with Crippen molar-refractivity contribution in [3.8, 4) is 0 Å². The van der Waals surface area contributed by atoms with Crippen molar-refractivity contribution < 1.29 is 26.4 Å². The number of amides is 1. The fourth-order valence-corrected chi connectivity index (χ4v) is 4.21. The summed E-state index contributed by atoms with van der Waals surface area (Å²) < 4.78 is 66.0. The van der Waals surface area contributed by atoms with Gasteiger partial charge in [-0.2, -0.15) is 17.5 Å². The van der Waals surface area contributed by atoms with Crippen molar-refractivity contribution in [3.05, 3.63) is 94.4 Å². The fourth-order valence-electron chi connectivity index (χ4n) is 3.05. The van der Waals surface area contributed by atoms with Crippen molar-refractivity contribution in [1.29, 1.82) is 0 Å². The van der Waals surface area contributed by atoms with Gasteiger partial charge in [0.15, 0.2) is 0 Å². The van der Waals surface area contributed by atoms with Crippen molar-refractivity contribution in [2.75, 3.05) is 12.4 Å². The summed E-state index contributed by atoms with van der Waals surface area (Å²) in [6.45, 7) is -0.462. The number of benzene rings is 2. The summed E-state index contributed by atoms with van der Waals surface area (Å²) in [6, 6.07) is 16.1. The maximum Gasteiger partial charge on any atom is 0.421 e. The maximum absolute atomic E-state index is 12.9. The van der Waals surface area contributed by atoms with E-state index in [1.807, 2.05) is 6.07 Å². The van der Waals surface area contributed by atoms with Crippen molar-refractivity contribution >= 4 is 21.6 Å². The van der Waals surface area contributed by atoms with E-state index < -0.39 is 39.8 Å². The smallest absolute Gasteiger partial charge is 0.325 e. The first-order valence-corrected chi connectivity index (χ1v) is 11.1. The van der Waals surface area contributed by atoms with Crippen LogP contribution in [0.1, 0.15) is 11.1 Å². The van der Waals surface area contributed by atoms with Gasteiger partial charge in [0.1, 0.15) is 12.1 Å². The Balaban J connectivity index is 1.68. The van der Waals surface area contributed by atoms with Crippen LogP contribution in [-0.2, 0) is 34.1 Å². The van der Waals surface area contributed by atoms with Crippen molar-refractivity contribution in [2.45, 2.75) is 24.2 Å². The molecule has 0 saturated carbocycles. The number of anilines is 1. The van der Waals surface area contributed by atoms with Crippen molar-refractivity contribution in [1.82, 2.24) is 8.87 Å². The number of alkyl halides is 3. The number of pyridine rings is 1. The highest BCUT2D eigenvalue weighted by atomic mass is 32.2. The minimum atomic E-state index is -4.83. The lowest BCUT2D eigenvalue weighted by Gasteiger charge is -2.17.